The second-order valence-corrected chi connectivity index (χ2v) is 8.38. The Morgan fingerprint density at radius 3 is 2.55 bits per heavy atom. The topological polar surface area (TPSA) is 119 Å². The number of sulfonamides is 1. The van der Waals surface area contributed by atoms with E-state index in [9.17, 15) is 8.42 Å². The summed E-state index contributed by atoms with van der Waals surface area (Å²) in [6, 6.07) is 17.9. The number of ether oxygens (including phenoxy) is 1. The molecule has 0 aliphatic heterocycles. The number of nitrogens with one attached hydrogen (secondary N) is 2. The van der Waals surface area contributed by atoms with Gasteiger partial charge in [-0.15, -0.1) is 0 Å². The van der Waals surface area contributed by atoms with Crippen molar-refractivity contribution < 1.29 is 17.6 Å². The molecular weight excluding hydrogens is 416 g/mol. The van der Waals surface area contributed by atoms with Gasteiger partial charge in [-0.1, -0.05) is 24.3 Å². The summed E-state index contributed by atoms with van der Waals surface area (Å²) in [7, 11) is -2.07. The molecule has 0 amide bonds. The molecule has 4 N–H and O–H groups in total. The first-order valence-corrected chi connectivity index (χ1v) is 11.3. The first-order valence-electron chi connectivity index (χ1n) is 9.73. The highest BCUT2D eigenvalue weighted by atomic mass is 32.2. The Morgan fingerprint density at radius 2 is 1.87 bits per heavy atom. The Morgan fingerprint density at radius 1 is 1.06 bits per heavy atom. The molecule has 0 aliphatic carbocycles. The van der Waals surface area contributed by atoms with E-state index >= 15 is 0 Å². The molecule has 3 rings (SSSR count). The average molecular weight is 443 g/mol. The van der Waals surface area contributed by atoms with E-state index in [-0.39, 0.29) is 4.90 Å². The number of nitrogens with zero attached hydrogens (tertiary/aromatic N) is 1. The van der Waals surface area contributed by atoms with E-state index < -0.39 is 10.0 Å². The summed E-state index contributed by atoms with van der Waals surface area (Å²) in [6.45, 7) is 1.58. The number of aliphatic imine (C=N–C) groups is 1. The second-order valence-electron chi connectivity index (χ2n) is 6.82. The van der Waals surface area contributed by atoms with Crippen molar-refractivity contribution in [2.45, 2.75) is 24.4 Å². The van der Waals surface area contributed by atoms with E-state index in [1.807, 2.05) is 36.4 Å². The van der Waals surface area contributed by atoms with Crippen LogP contribution in [0, 0.1) is 0 Å². The van der Waals surface area contributed by atoms with Crippen LogP contribution in [-0.2, 0) is 29.5 Å². The number of benzene rings is 2. The van der Waals surface area contributed by atoms with Crippen molar-refractivity contribution in [3.8, 4) is 5.75 Å². The lowest BCUT2D eigenvalue weighted by atomic mass is 10.2. The van der Waals surface area contributed by atoms with Gasteiger partial charge in [0.1, 0.15) is 11.5 Å². The molecule has 0 fully saturated rings. The molecule has 0 aliphatic rings. The third kappa shape index (κ3) is 7.16. The van der Waals surface area contributed by atoms with Gasteiger partial charge in [-0.25, -0.2) is 18.5 Å². The molecule has 0 radical (unpaired) electrons. The molecule has 0 spiro atoms. The van der Waals surface area contributed by atoms with Crippen molar-refractivity contribution in [3.63, 3.8) is 0 Å². The highest BCUT2D eigenvalue weighted by molar-refractivity contribution is 7.89. The molecule has 8 nitrogen and oxygen atoms in total. The van der Waals surface area contributed by atoms with Gasteiger partial charge < -0.3 is 19.8 Å². The van der Waals surface area contributed by atoms with Crippen LogP contribution in [0.2, 0.25) is 0 Å². The van der Waals surface area contributed by atoms with Crippen molar-refractivity contribution >= 4 is 16.0 Å². The standard InChI is InChI=1S/C22H26N4O4S/c1-29-20-5-2-4-18(14-20)16-26-22(24-12-11-19-6-3-13-30-19)25-15-17-7-9-21(10-8-17)31(23,27)28/h2-10,13-14H,11-12,15-16H2,1H3,(H2,23,27,28)(H2,24,25,26). The highest BCUT2D eigenvalue weighted by Gasteiger charge is 2.07. The van der Waals surface area contributed by atoms with Crippen LogP contribution in [0.15, 0.2) is 81.2 Å². The average Bonchev–Trinajstić information content (AvgIpc) is 3.28. The van der Waals surface area contributed by atoms with Crippen LogP contribution in [0.1, 0.15) is 16.9 Å². The first-order chi connectivity index (χ1) is 14.9. The van der Waals surface area contributed by atoms with Gasteiger partial charge in [-0.05, 0) is 47.5 Å². The van der Waals surface area contributed by atoms with Gasteiger partial charge in [0.25, 0.3) is 0 Å². The summed E-state index contributed by atoms with van der Waals surface area (Å²) in [5.41, 5.74) is 1.92. The Bertz CT molecular complexity index is 1090. The monoisotopic (exact) mass is 442 g/mol. The number of guanidine groups is 1. The van der Waals surface area contributed by atoms with Crippen LogP contribution in [-0.4, -0.2) is 28.0 Å². The van der Waals surface area contributed by atoms with Crippen molar-refractivity contribution in [1.82, 2.24) is 10.6 Å². The predicted octanol–water partition coefficient (Wildman–Crippen LogP) is 2.41. The maximum Gasteiger partial charge on any atom is 0.238 e. The number of hydrogen-bond acceptors (Lipinski definition) is 5. The van der Waals surface area contributed by atoms with E-state index in [1.165, 1.54) is 12.1 Å². The highest BCUT2D eigenvalue weighted by Crippen LogP contribution is 2.13. The van der Waals surface area contributed by atoms with Gasteiger partial charge in [-0.3, -0.25) is 0 Å². The van der Waals surface area contributed by atoms with Crippen LogP contribution in [0.4, 0.5) is 0 Å². The van der Waals surface area contributed by atoms with Crippen LogP contribution in [0.3, 0.4) is 0 Å². The van der Waals surface area contributed by atoms with Crippen molar-refractivity contribution in [2.75, 3.05) is 13.7 Å². The Kier molecular flexibility index (Phi) is 7.69. The molecule has 9 heteroatoms. The summed E-state index contributed by atoms with van der Waals surface area (Å²) in [5.74, 6) is 2.30. The molecule has 31 heavy (non-hydrogen) atoms. The lowest BCUT2D eigenvalue weighted by Crippen LogP contribution is -2.38. The largest absolute Gasteiger partial charge is 0.497 e. The molecule has 0 unspecified atom stereocenters. The molecule has 1 heterocycles. The quantitative estimate of drug-likeness (QED) is 0.346. The maximum absolute atomic E-state index is 11.4. The zero-order valence-corrected chi connectivity index (χ0v) is 18.1. The third-order valence-electron chi connectivity index (χ3n) is 4.51. The lowest BCUT2D eigenvalue weighted by molar-refractivity contribution is 0.414. The molecule has 0 saturated heterocycles. The fourth-order valence-corrected chi connectivity index (χ4v) is 3.37. The number of hydrogen-bond donors (Lipinski definition) is 3. The molecule has 0 bridgehead atoms. The minimum atomic E-state index is -3.71. The van der Waals surface area contributed by atoms with E-state index in [2.05, 4.69) is 15.6 Å². The first kappa shape index (κ1) is 22.4. The van der Waals surface area contributed by atoms with Crippen LogP contribution in [0.25, 0.3) is 0 Å². The number of primary sulfonamides is 1. The maximum atomic E-state index is 11.4. The zero-order valence-electron chi connectivity index (χ0n) is 17.2. The Labute approximate surface area is 182 Å². The van der Waals surface area contributed by atoms with Crippen molar-refractivity contribution in [3.05, 3.63) is 83.8 Å². The molecule has 1 aromatic heterocycles. The SMILES string of the molecule is COc1cccc(CN=C(NCCc2ccco2)NCc2ccc(S(N)(=O)=O)cc2)c1. The summed E-state index contributed by atoms with van der Waals surface area (Å²) in [4.78, 5) is 4.74. The summed E-state index contributed by atoms with van der Waals surface area (Å²) in [6.07, 6.45) is 2.37. The van der Waals surface area contributed by atoms with E-state index in [4.69, 9.17) is 14.3 Å². The number of methoxy groups -OCH3 is 1. The molecular formula is C22H26N4O4S. The van der Waals surface area contributed by atoms with Gasteiger partial charge in [0.2, 0.25) is 10.0 Å². The number of furan rings is 1. The van der Waals surface area contributed by atoms with E-state index in [0.717, 1.165) is 29.1 Å². The van der Waals surface area contributed by atoms with E-state index in [1.54, 1.807) is 25.5 Å². The fourth-order valence-electron chi connectivity index (χ4n) is 2.86. The van der Waals surface area contributed by atoms with Crippen LogP contribution < -0.4 is 20.5 Å². The third-order valence-corrected chi connectivity index (χ3v) is 5.44. The molecule has 0 atom stereocenters. The Hall–Kier alpha value is -3.30. The van der Waals surface area contributed by atoms with Gasteiger partial charge in [0.15, 0.2) is 5.96 Å². The predicted molar refractivity (Wildman–Crippen MR) is 119 cm³/mol. The number of rotatable bonds is 9. The molecule has 0 saturated carbocycles. The number of nitrogens with two attached hydrogens (primary N) is 1. The normalized spacial score (nSPS) is 11.9. The molecule has 3 aromatic rings. The minimum Gasteiger partial charge on any atom is -0.497 e. The fraction of sp³-hybridized carbons (Fsp3) is 0.227. The second kappa shape index (κ2) is 10.6. The smallest absolute Gasteiger partial charge is 0.238 e. The van der Waals surface area contributed by atoms with Gasteiger partial charge in [0.05, 0.1) is 24.8 Å². The van der Waals surface area contributed by atoms with Gasteiger partial charge >= 0.3 is 0 Å². The summed E-state index contributed by atoms with van der Waals surface area (Å²) < 4.78 is 33.4. The van der Waals surface area contributed by atoms with E-state index in [0.29, 0.717) is 25.6 Å². The van der Waals surface area contributed by atoms with Crippen molar-refractivity contribution in [2.24, 2.45) is 10.1 Å². The van der Waals surface area contributed by atoms with Gasteiger partial charge in [0, 0.05) is 19.5 Å². The summed E-state index contributed by atoms with van der Waals surface area (Å²) >= 11 is 0. The Balaban J connectivity index is 1.65. The van der Waals surface area contributed by atoms with Gasteiger partial charge in [-0.2, -0.15) is 0 Å². The molecule has 164 valence electrons. The van der Waals surface area contributed by atoms with Crippen LogP contribution in [0.5, 0.6) is 5.75 Å². The van der Waals surface area contributed by atoms with Crippen molar-refractivity contribution in [1.29, 1.82) is 0 Å². The zero-order chi connectivity index (χ0) is 22.1. The molecule has 2 aromatic carbocycles. The minimum absolute atomic E-state index is 0.0831. The van der Waals surface area contributed by atoms with Crippen LogP contribution >= 0.6 is 0 Å². The lowest BCUT2D eigenvalue weighted by Gasteiger charge is -2.13. The summed E-state index contributed by atoms with van der Waals surface area (Å²) in [5, 5.41) is 11.7.